The molecule has 1 aliphatic heterocycles. The maximum atomic E-state index is 12.0. The zero-order chi connectivity index (χ0) is 14.5. The zero-order valence-electron chi connectivity index (χ0n) is 11.5. The van der Waals surface area contributed by atoms with Crippen LogP contribution in [0.5, 0.6) is 0 Å². The molecule has 1 saturated heterocycles. The van der Waals surface area contributed by atoms with Crippen molar-refractivity contribution in [2.24, 2.45) is 5.92 Å². The lowest BCUT2D eigenvalue weighted by molar-refractivity contribution is -0.132. The normalized spacial score (nSPS) is 17.8. The van der Waals surface area contributed by atoms with Gasteiger partial charge in [0.1, 0.15) is 0 Å². The minimum absolute atomic E-state index is 0.0289. The van der Waals surface area contributed by atoms with Gasteiger partial charge in [-0.2, -0.15) is 0 Å². The summed E-state index contributed by atoms with van der Waals surface area (Å²) in [7, 11) is 0. The first-order chi connectivity index (χ1) is 9.58. The van der Waals surface area contributed by atoms with Crippen LogP contribution in [0.2, 0.25) is 0 Å². The number of likely N-dealkylation sites (tertiary alicyclic amines) is 1. The molecule has 1 atom stereocenters. The van der Waals surface area contributed by atoms with E-state index in [9.17, 15) is 14.7 Å². The van der Waals surface area contributed by atoms with E-state index in [0.29, 0.717) is 13.1 Å². The second kappa shape index (κ2) is 6.56. The number of aliphatic hydroxyl groups excluding tert-OH is 1. The summed E-state index contributed by atoms with van der Waals surface area (Å²) in [6, 6.07) is 3.17. The molecule has 2 amide bonds. The second-order valence-corrected chi connectivity index (χ2v) is 5.12. The lowest BCUT2D eigenvalue weighted by Gasteiger charge is -2.33. The molecule has 1 aliphatic rings. The Bertz CT molecular complexity index is 448. The molecule has 2 heterocycles. The number of furan rings is 1. The van der Waals surface area contributed by atoms with Crippen LogP contribution >= 0.6 is 0 Å². The Labute approximate surface area is 117 Å². The number of nitrogens with one attached hydrogen (secondary N) is 1. The van der Waals surface area contributed by atoms with Crippen LogP contribution in [-0.2, 0) is 4.79 Å². The van der Waals surface area contributed by atoms with Gasteiger partial charge in [0.05, 0.1) is 18.9 Å². The molecule has 2 N–H and O–H groups in total. The fourth-order valence-corrected chi connectivity index (χ4v) is 2.39. The molecule has 20 heavy (non-hydrogen) atoms. The fraction of sp³-hybridized carbons (Fsp3) is 0.571. The average Bonchev–Trinajstić information content (AvgIpc) is 2.98. The first-order valence-electron chi connectivity index (χ1n) is 6.85. The Balaban J connectivity index is 1.75. The highest BCUT2D eigenvalue weighted by Gasteiger charge is 2.25. The highest BCUT2D eigenvalue weighted by Crippen LogP contribution is 2.20. The minimum atomic E-state index is -0.387. The number of rotatable bonds is 4. The van der Waals surface area contributed by atoms with Gasteiger partial charge in [-0.25, -0.2) is 0 Å². The standard InChI is InChI=1S/C14H20N2O4/c1-10(17)11-4-6-16(7-5-11)13(18)9-15-14(19)12-3-2-8-20-12/h2-3,8,10-11,17H,4-7,9H2,1H3,(H,15,19). The predicted octanol–water partition coefficient (Wildman–Crippen LogP) is 0.629. The topological polar surface area (TPSA) is 82.8 Å². The second-order valence-electron chi connectivity index (χ2n) is 5.12. The first-order valence-corrected chi connectivity index (χ1v) is 6.85. The number of hydrogen-bond donors (Lipinski definition) is 2. The molecule has 0 aromatic carbocycles. The van der Waals surface area contributed by atoms with Crippen molar-refractivity contribution in [3.05, 3.63) is 24.2 Å². The predicted molar refractivity (Wildman–Crippen MR) is 72.0 cm³/mol. The van der Waals surface area contributed by atoms with Gasteiger partial charge in [-0.05, 0) is 37.8 Å². The third-order valence-electron chi connectivity index (χ3n) is 3.72. The van der Waals surface area contributed by atoms with Crippen LogP contribution in [0.4, 0.5) is 0 Å². The largest absolute Gasteiger partial charge is 0.459 e. The van der Waals surface area contributed by atoms with Gasteiger partial charge in [-0.15, -0.1) is 0 Å². The fourth-order valence-electron chi connectivity index (χ4n) is 2.39. The molecule has 1 aromatic heterocycles. The van der Waals surface area contributed by atoms with Crippen molar-refractivity contribution in [3.8, 4) is 0 Å². The van der Waals surface area contributed by atoms with Crippen molar-refractivity contribution >= 4 is 11.8 Å². The summed E-state index contributed by atoms with van der Waals surface area (Å²) >= 11 is 0. The number of aliphatic hydroxyl groups is 1. The van der Waals surface area contributed by atoms with Gasteiger partial charge in [0.15, 0.2) is 5.76 Å². The van der Waals surface area contributed by atoms with Crippen LogP contribution in [0.1, 0.15) is 30.3 Å². The number of piperidine rings is 1. The maximum absolute atomic E-state index is 12.0. The van der Waals surface area contributed by atoms with Crippen molar-refractivity contribution in [1.82, 2.24) is 10.2 Å². The van der Waals surface area contributed by atoms with Gasteiger partial charge in [0, 0.05) is 13.1 Å². The van der Waals surface area contributed by atoms with E-state index in [1.54, 1.807) is 24.0 Å². The highest BCUT2D eigenvalue weighted by molar-refractivity contribution is 5.94. The Morgan fingerprint density at radius 1 is 1.50 bits per heavy atom. The molecule has 2 rings (SSSR count). The van der Waals surface area contributed by atoms with Crippen molar-refractivity contribution in [2.45, 2.75) is 25.9 Å². The Kier molecular flexibility index (Phi) is 4.79. The Morgan fingerprint density at radius 3 is 2.75 bits per heavy atom. The van der Waals surface area contributed by atoms with Crippen molar-refractivity contribution in [2.75, 3.05) is 19.6 Å². The number of carbonyl (C=O) groups excluding carboxylic acids is 2. The molecule has 0 radical (unpaired) electrons. The maximum Gasteiger partial charge on any atom is 0.287 e. The van der Waals surface area contributed by atoms with E-state index < -0.39 is 0 Å². The SMILES string of the molecule is CC(O)C1CCN(C(=O)CNC(=O)c2ccco2)CC1. The number of carbonyl (C=O) groups is 2. The van der Waals surface area contributed by atoms with Gasteiger partial charge in [-0.1, -0.05) is 0 Å². The lowest BCUT2D eigenvalue weighted by atomic mass is 9.92. The summed E-state index contributed by atoms with van der Waals surface area (Å²) in [6.45, 7) is 3.01. The molecule has 0 aliphatic carbocycles. The van der Waals surface area contributed by atoms with E-state index in [-0.39, 0.29) is 36.1 Å². The van der Waals surface area contributed by atoms with Crippen molar-refractivity contribution in [1.29, 1.82) is 0 Å². The van der Waals surface area contributed by atoms with Crippen LogP contribution in [0.25, 0.3) is 0 Å². The number of amides is 2. The van der Waals surface area contributed by atoms with Crippen molar-refractivity contribution in [3.63, 3.8) is 0 Å². The van der Waals surface area contributed by atoms with Gasteiger partial charge in [0.25, 0.3) is 5.91 Å². The summed E-state index contributed by atoms with van der Waals surface area (Å²) in [4.78, 5) is 25.3. The third-order valence-corrected chi connectivity index (χ3v) is 3.72. The molecule has 0 bridgehead atoms. The minimum Gasteiger partial charge on any atom is -0.459 e. The van der Waals surface area contributed by atoms with Crippen molar-refractivity contribution < 1.29 is 19.1 Å². The Morgan fingerprint density at radius 2 is 2.20 bits per heavy atom. The molecule has 1 fully saturated rings. The van der Waals surface area contributed by atoms with Crippen LogP contribution in [0.3, 0.4) is 0 Å². The summed E-state index contributed by atoms with van der Waals surface area (Å²) < 4.78 is 4.95. The number of hydrogen-bond acceptors (Lipinski definition) is 4. The zero-order valence-corrected chi connectivity index (χ0v) is 11.5. The van der Waals surface area contributed by atoms with E-state index in [2.05, 4.69) is 5.32 Å². The molecular weight excluding hydrogens is 260 g/mol. The Hall–Kier alpha value is -1.82. The molecule has 1 aromatic rings. The summed E-state index contributed by atoms with van der Waals surface area (Å²) in [5.41, 5.74) is 0. The molecular formula is C14H20N2O4. The van der Waals surface area contributed by atoms with Gasteiger partial charge >= 0.3 is 0 Å². The number of nitrogens with zero attached hydrogens (tertiary/aromatic N) is 1. The quantitative estimate of drug-likeness (QED) is 0.847. The van der Waals surface area contributed by atoms with Crippen LogP contribution in [0, 0.1) is 5.92 Å². The summed E-state index contributed by atoms with van der Waals surface area (Å²) in [5, 5.41) is 12.1. The van der Waals surface area contributed by atoms with Gasteiger partial charge in [0.2, 0.25) is 5.91 Å². The molecule has 6 nitrogen and oxygen atoms in total. The van der Waals surface area contributed by atoms with Crippen LogP contribution in [-0.4, -0.2) is 47.6 Å². The summed E-state index contributed by atoms with van der Waals surface area (Å²) in [5.74, 6) is -0.0291. The highest BCUT2D eigenvalue weighted by atomic mass is 16.3. The molecule has 110 valence electrons. The first kappa shape index (κ1) is 14.6. The van der Waals surface area contributed by atoms with E-state index in [0.717, 1.165) is 12.8 Å². The monoisotopic (exact) mass is 280 g/mol. The van der Waals surface area contributed by atoms with Gasteiger partial charge in [-0.3, -0.25) is 9.59 Å². The van der Waals surface area contributed by atoms with E-state index >= 15 is 0 Å². The molecule has 0 spiro atoms. The van der Waals surface area contributed by atoms with Gasteiger partial charge < -0.3 is 19.7 Å². The van der Waals surface area contributed by atoms with Crippen LogP contribution in [0.15, 0.2) is 22.8 Å². The van der Waals surface area contributed by atoms with E-state index in [1.807, 2.05) is 0 Å². The van der Waals surface area contributed by atoms with Crippen LogP contribution < -0.4 is 5.32 Å². The van der Waals surface area contributed by atoms with E-state index in [4.69, 9.17) is 4.42 Å². The molecule has 6 heteroatoms. The lowest BCUT2D eigenvalue weighted by Crippen LogP contribution is -2.45. The van der Waals surface area contributed by atoms with E-state index in [1.165, 1.54) is 6.26 Å². The third kappa shape index (κ3) is 3.60. The average molecular weight is 280 g/mol. The summed E-state index contributed by atoms with van der Waals surface area (Å²) in [6.07, 6.45) is 2.69. The molecule has 0 saturated carbocycles. The smallest absolute Gasteiger partial charge is 0.287 e. The molecule has 1 unspecified atom stereocenters.